The second-order valence-electron chi connectivity index (χ2n) is 5.85. The number of hydrogen-bond acceptors (Lipinski definition) is 3. The Morgan fingerprint density at radius 2 is 1.80 bits per heavy atom. The quantitative estimate of drug-likeness (QED) is 0.904. The zero-order valence-corrected chi connectivity index (χ0v) is 11.8. The fraction of sp³-hybridized carbons (Fsp3) is 0.625. The average molecular weight is 279 g/mol. The van der Waals surface area contributed by atoms with Gasteiger partial charge in [-0.05, 0) is 25.0 Å². The number of ether oxygens (including phenoxy) is 2. The van der Waals surface area contributed by atoms with Crippen LogP contribution in [0.3, 0.4) is 0 Å². The summed E-state index contributed by atoms with van der Waals surface area (Å²) in [5, 5.41) is 0. The van der Waals surface area contributed by atoms with E-state index in [1.807, 2.05) is 0 Å². The van der Waals surface area contributed by atoms with Gasteiger partial charge in [0.15, 0.2) is 11.5 Å². The van der Waals surface area contributed by atoms with E-state index < -0.39 is 0 Å². The van der Waals surface area contributed by atoms with E-state index in [1.54, 1.807) is 6.07 Å². The van der Waals surface area contributed by atoms with Crippen molar-refractivity contribution >= 4 is 0 Å². The molecule has 0 bridgehead atoms. The van der Waals surface area contributed by atoms with Crippen molar-refractivity contribution in [2.75, 3.05) is 19.8 Å². The van der Waals surface area contributed by atoms with Gasteiger partial charge < -0.3 is 15.2 Å². The molecule has 0 spiro atoms. The van der Waals surface area contributed by atoms with E-state index in [-0.39, 0.29) is 11.2 Å². The van der Waals surface area contributed by atoms with Gasteiger partial charge in [0.05, 0.1) is 13.2 Å². The number of nitrogens with two attached hydrogens (primary N) is 1. The van der Waals surface area contributed by atoms with Gasteiger partial charge in [-0.3, -0.25) is 0 Å². The van der Waals surface area contributed by atoms with Crippen molar-refractivity contribution in [3.8, 4) is 11.5 Å². The van der Waals surface area contributed by atoms with Crippen molar-refractivity contribution in [1.29, 1.82) is 0 Å². The second kappa shape index (κ2) is 5.60. The van der Waals surface area contributed by atoms with Crippen LogP contribution in [0, 0.1) is 5.82 Å². The van der Waals surface area contributed by atoms with Crippen LogP contribution in [0.15, 0.2) is 12.1 Å². The van der Waals surface area contributed by atoms with Gasteiger partial charge in [-0.2, -0.15) is 0 Å². The molecule has 2 aliphatic rings. The van der Waals surface area contributed by atoms with Crippen LogP contribution >= 0.6 is 0 Å². The van der Waals surface area contributed by atoms with E-state index >= 15 is 0 Å². The summed E-state index contributed by atoms with van der Waals surface area (Å²) in [6.07, 6.45) is 6.09. The van der Waals surface area contributed by atoms with Gasteiger partial charge in [0.2, 0.25) is 0 Å². The maximum atomic E-state index is 14.5. The van der Waals surface area contributed by atoms with Gasteiger partial charge in [-0.25, -0.2) is 4.39 Å². The van der Waals surface area contributed by atoms with Crippen LogP contribution in [0.2, 0.25) is 0 Å². The molecule has 3 rings (SSSR count). The largest absolute Gasteiger partial charge is 0.490 e. The summed E-state index contributed by atoms with van der Waals surface area (Å²) < 4.78 is 26.0. The van der Waals surface area contributed by atoms with Gasteiger partial charge in [-0.15, -0.1) is 0 Å². The Morgan fingerprint density at radius 3 is 2.55 bits per heavy atom. The molecule has 20 heavy (non-hydrogen) atoms. The highest BCUT2D eigenvalue weighted by molar-refractivity contribution is 5.51. The van der Waals surface area contributed by atoms with Crippen molar-refractivity contribution in [3.63, 3.8) is 0 Å². The summed E-state index contributed by atoms with van der Waals surface area (Å²) in [5.74, 6) is 1.05. The van der Waals surface area contributed by atoms with E-state index in [1.165, 1.54) is 12.5 Å². The van der Waals surface area contributed by atoms with Gasteiger partial charge >= 0.3 is 0 Å². The minimum atomic E-state index is -0.290. The number of benzene rings is 1. The Bertz CT molecular complexity index is 484. The topological polar surface area (TPSA) is 44.5 Å². The van der Waals surface area contributed by atoms with Gasteiger partial charge in [-0.1, -0.05) is 19.3 Å². The molecule has 1 saturated carbocycles. The van der Waals surface area contributed by atoms with Crippen LogP contribution in [0.1, 0.15) is 44.1 Å². The molecule has 1 aromatic carbocycles. The Labute approximate surface area is 119 Å². The third-order valence-corrected chi connectivity index (χ3v) is 4.60. The minimum absolute atomic E-state index is 0.207. The first-order valence-corrected chi connectivity index (χ1v) is 7.55. The fourth-order valence-electron chi connectivity index (χ4n) is 3.49. The van der Waals surface area contributed by atoms with Crippen molar-refractivity contribution in [1.82, 2.24) is 0 Å². The first-order chi connectivity index (χ1) is 9.77. The Hall–Kier alpha value is -1.29. The van der Waals surface area contributed by atoms with Gasteiger partial charge in [0.25, 0.3) is 0 Å². The van der Waals surface area contributed by atoms with Crippen molar-refractivity contribution in [3.05, 3.63) is 23.5 Å². The molecule has 1 heterocycles. The molecule has 1 aliphatic heterocycles. The SMILES string of the molecule is NCC1(c2c(F)ccc3c2OCCCO3)CCCCC1. The highest BCUT2D eigenvalue weighted by atomic mass is 19.1. The number of rotatable bonds is 2. The van der Waals surface area contributed by atoms with E-state index in [0.29, 0.717) is 36.8 Å². The van der Waals surface area contributed by atoms with Crippen LogP contribution in [0.5, 0.6) is 11.5 Å². The molecule has 1 aromatic rings. The molecule has 0 radical (unpaired) electrons. The number of hydrogen-bond donors (Lipinski definition) is 1. The van der Waals surface area contributed by atoms with E-state index in [9.17, 15) is 4.39 Å². The monoisotopic (exact) mass is 279 g/mol. The number of fused-ring (bicyclic) bond motifs is 1. The van der Waals surface area contributed by atoms with Gasteiger partial charge in [0.1, 0.15) is 5.82 Å². The molecule has 0 unspecified atom stereocenters. The zero-order chi connectivity index (χ0) is 14.0. The van der Waals surface area contributed by atoms with Crippen LogP contribution in [0.4, 0.5) is 4.39 Å². The van der Waals surface area contributed by atoms with Crippen LogP contribution < -0.4 is 15.2 Å². The molecule has 0 aromatic heterocycles. The summed E-state index contributed by atoms with van der Waals surface area (Å²) in [6.45, 7) is 1.65. The highest BCUT2D eigenvalue weighted by Crippen LogP contribution is 2.47. The van der Waals surface area contributed by atoms with Crippen molar-refractivity contribution in [2.24, 2.45) is 5.73 Å². The molecule has 0 atom stereocenters. The summed E-state index contributed by atoms with van der Waals surface area (Å²) in [4.78, 5) is 0. The Morgan fingerprint density at radius 1 is 1.05 bits per heavy atom. The smallest absolute Gasteiger partial charge is 0.167 e. The van der Waals surface area contributed by atoms with E-state index in [4.69, 9.17) is 15.2 Å². The first kappa shape index (κ1) is 13.7. The van der Waals surface area contributed by atoms with E-state index in [0.717, 1.165) is 32.1 Å². The van der Waals surface area contributed by atoms with Crippen LogP contribution in [-0.2, 0) is 5.41 Å². The molecule has 4 heteroatoms. The molecule has 110 valence electrons. The third kappa shape index (κ3) is 2.26. The normalized spacial score (nSPS) is 21.3. The zero-order valence-electron chi connectivity index (χ0n) is 11.8. The molecule has 1 aliphatic carbocycles. The average Bonchev–Trinajstić information content (AvgIpc) is 2.73. The summed E-state index contributed by atoms with van der Waals surface area (Å²) in [6, 6.07) is 3.17. The standard InChI is InChI=1S/C16H22FNO2/c17-12-5-6-13-15(20-10-4-9-19-13)14(12)16(11-18)7-2-1-3-8-16/h5-6H,1-4,7-11,18H2. The minimum Gasteiger partial charge on any atom is -0.490 e. The Kier molecular flexibility index (Phi) is 3.83. The second-order valence-corrected chi connectivity index (χ2v) is 5.85. The lowest BCUT2D eigenvalue weighted by Gasteiger charge is -2.38. The van der Waals surface area contributed by atoms with Crippen molar-refractivity contribution in [2.45, 2.75) is 43.9 Å². The molecule has 3 nitrogen and oxygen atoms in total. The van der Waals surface area contributed by atoms with Crippen molar-refractivity contribution < 1.29 is 13.9 Å². The predicted molar refractivity (Wildman–Crippen MR) is 75.8 cm³/mol. The summed E-state index contributed by atoms with van der Waals surface area (Å²) >= 11 is 0. The summed E-state index contributed by atoms with van der Waals surface area (Å²) in [5.41, 5.74) is 6.41. The maximum Gasteiger partial charge on any atom is 0.167 e. The number of halogens is 1. The highest BCUT2D eigenvalue weighted by Gasteiger charge is 2.39. The lowest BCUT2D eigenvalue weighted by atomic mass is 9.69. The lowest BCUT2D eigenvalue weighted by Crippen LogP contribution is -2.38. The Balaban J connectivity index is 2.11. The van der Waals surface area contributed by atoms with Crippen LogP contribution in [0.25, 0.3) is 0 Å². The van der Waals surface area contributed by atoms with Gasteiger partial charge in [0, 0.05) is 23.9 Å². The maximum absolute atomic E-state index is 14.5. The third-order valence-electron chi connectivity index (χ3n) is 4.60. The summed E-state index contributed by atoms with van der Waals surface area (Å²) in [7, 11) is 0. The lowest BCUT2D eigenvalue weighted by molar-refractivity contribution is 0.263. The first-order valence-electron chi connectivity index (χ1n) is 7.55. The molecular formula is C16H22FNO2. The predicted octanol–water partition coefficient (Wildman–Crippen LogP) is 3.15. The molecule has 2 N–H and O–H groups in total. The van der Waals surface area contributed by atoms with E-state index in [2.05, 4.69) is 0 Å². The molecule has 1 fully saturated rings. The molecule has 0 saturated heterocycles. The molecular weight excluding hydrogens is 257 g/mol. The fourth-order valence-corrected chi connectivity index (χ4v) is 3.49. The van der Waals surface area contributed by atoms with Crippen LogP contribution in [-0.4, -0.2) is 19.8 Å². The molecule has 0 amide bonds.